The number of pyridine rings is 1. The molecule has 1 unspecified atom stereocenters. The molecule has 1 saturated heterocycles. The lowest BCUT2D eigenvalue weighted by Gasteiger charge is -2.41. The van der Waals surface area contributed by atoms with Gasteiger partial charge in [-0.1, -0.05) is 24.3 Å². The summed E-state index contributed by atoms with van der Waals surface area (Å²) in [6.07, 6.45) is 3.03. The van der Waals surface area contributed by atoms with Gasteiger partial charge in [0.1, 0.15) is 11.4 Å². The number of para-hydroxylation sites is 1. The average molecular weight is 451 g/mol. The van der Waals surface area contributed by atoms with Crippen LogP contribution in [0.5, 0.6) is 0 Å². The number of halogens is 1. The monoisotopic (exact) mass is 450 g/mol. The number of likely N-dealkylation sites (tertiary alicyclic amines) is 1. The highest BCUT2D eigenvalue weighted by atomic mass is 19.1. The Morgan fingerprint density at radius 3 is 2.58 bits per heavy atom. The Bertz CT molecular complexity index is 1250. The second kappa shape index (κ2) is 9.17. The van der Waals surface area contributed by atoms with Gasteiger partial charge in [-0.15, -0.1) is 0 Å². The fraction of sp³-hybridized carbons (Fsp3) is 0.346. The first-order valence-corrected chi connectivity index (χ1v) is 11.1. The lowest BCUT2D eigenvalue weighted by atomic mass is 9.75. The summed E-state index contributed by atoms with van der Waals surface area (Å²) in [6.45, 7) is 2.55. The van der Waals surface area contributed by atoms with Crippen molar-refractivity contribution in [1.82, 2.24) is 9.47 Å². The van der Waals surface area contributed by atoms with Crippen LogP contribution in [0, 0.1) is 11.2 Å². The van der Waals surface area contributed by atoms with E-state index in [1.165, 1.54) is 12.1 Å². The van der Waals surface area contributed by atoms with Crippen molar-refractivity contribution in [3.63, 3.8) is 0 Å². The maximum absolute atomic E-state index is 13.5. The molecule has 1 aliphatic rings. The highest BCUT2D eigenvalue weighted by molar-refractivity contribution is 5.97. The third-order valence-corrected chi connectivity index (χ3v) is 6.35. The molecule has 2 heterocycles. The molecule has 0 spiro atoms. The normalized spacial score (nSPS) is 18.3. The second-order valence-corrected chi connectivity index (χ2v) is 8.63. The van der Waals surface area contributed by atoms with Gasteiger partial charge < -0.3 is 14.2 Å². The smallest absolute Gasteiger partial charge is 0.314 e. The molecule has 172 valence electrons. The van der Waals surface area contributed by atoms with E-state index in [2.05, 4.69) is 0 Å². The fourth-order valence-electron chi connectivity index (χ4n) is 4.73. The minimum atomic E-state index is -0.955. The van der Waals surface area contributed by atoms with Crippen molar-refractivity contribution >= 4 is 22.8 Å². The van der Waals surface area contributed by atoms with Gasteiger partial charge in [-0.2, -0.15) is 0 Å². The van der Waals surface area contributed by atoms with Gasteiger partial charge in [-0.25, -0.2) is 4.39 Å². The Morgan fingerprint density at radius 2 is 1.85 bits per heavy atom. The summed E-state index contributed by atoms with van der Waals surface area (Å²) in [5, 5.41) is 0.478. The summed E-state index contributed by atoms with van der Waals surface area (Å²) in [6, 6.07) is 13.2. The minimum absolute atomic E-state index is 0.0811. The predicted molar refractivity (Wildman–Crippen MR) is 123 cm³/mol. The summed E-state index contributed by atoms with van der Waals surface area (Å²) in [7, 11) is 1.80. The number of hydrogen-bond acceptors (Lipinski definition) is 4. The molecule has 6 nitrogen and oxygen atoms in total. The number of aryl methyl sites for hydroxylation is 1. The van der Waals surface area contributed by atoms with Gasteiger partial charge in [0, 0.05) is 31.7 Å². The first kappa shape index (κ1) is 22.7. The van der Waals surface area contributed by atoms with Crippen LogP contribution in [0.4, 0.5) is 4.39 Å². The molecule has 7 heteroatoms. The predicted octanol–water partition coefficient (Wildman–Crippen LogP) is 3.71. The molecule has 0 bridgehead atoms. The van der Waals surface area contributed by atoms with E-state index in [0.29, 0.717) is 31.2 Å². The zero-order valence-corrected chi connectivity index (χ0v) is 18.8. The van der Waals surface area contributed by atoms with Gasteiger partial charge >= 0.3 is 5.97 Å². The van der Waals surface area contributed by atoms with Crippen LogP contribution in [-0.2, 0) is 23.0 Å². The minimum Gasteiger partial charge on any atom is -0.466 e. The third-order valence-electron chi connectivity index (χ3n) is 6.35. The van der Waals surface area contributed by atoms with Crippen LogP contribution in [-0.4, -0.2) is 41.0 Å². The third kappa shape index (κ3) is 4.40. The molecular weight excluding hydrogens is 423 g/mol. The van der Waals surface area contributed by atoms with E-state index in [1.54, 1.807) is 53.9 Å². The highest BCUT2D eigenvalue weighted by Gasteiger charge is 2.45. The number of carbonyl (C=O) groups is 2. The quantitative estimate of drug-likeness (QED) is 0.556. The van der Waals surface area contributed by atoms with E-state index < -0.39 is 11.3 Å². The molecule has 3 aromatic rings. The molecule has 1 aromatic heterocycles. The van der Waals surface area contributed by atoms with Crippen molar-refractivity contribution < 1.29 is 18.7 Å². The maximum atomic E-state index is 13.5. The zero-order valence-electron chi connectivity index (χ0n) is 18.8. The van der Waals surface area contributed by atoms with Gasteiger partial charge in [0.25, 0.3) is 5.91 Å². The largest absolute Gasteiger partial charge is 0.466 e. The fourth-order valence-corrected chi connectivity index (χ4v) is 4.73. The Balaban J connectivity index is 1.69. The number of aromatic nitrogens is 1. The van der Waals surface area contributed by atoms with Crippen LogP contribution < -0.4 is 5.43 Å². The van der Waals surface area contributed by atoms with Crippen molar-refractivity contribution in [2.24, 2.45) is 12.5 Å². The molecule has 33 heavy (non-hydrogen) atoms. The van der Waals surface area contributed by atoms with E-state index >= 15 is 0 Å². The molecule has 0 N–H and O–H groups in total. The highest BCUT2D eigenvalue weighted by Crippen LogP contribution is 2.36. The number of ether oxygens (including phenoxy) is 1. The van der Waals surface area contributed by atoms with E-state index in [0.717, 1.165) is 11.1 Å². The first-order chi connectivity index (χ1) is 15.8. The summed E-state index contributed by atoms with van der Waals surface area (Å²) < 4.78 is 20.6. The van der Waals surface area contributed by atoms with E-state index in [9.17, 15) is 18.8 Å². The van der Waals surface area contributed by atoms with Crippen LogP contribution in [0.3, 0.4) is 0 Å². The number of carbonyl (C=O) groups excluding carboxylic acids is 2. The van der Waals surface area contributed by atoms with Gasteiger partial charge in [-0.3, -0.25) is 14.4 Å². The number of piperidine rings is 1. The van der Waals surface area contributed by atoms with E-state index in [1.807, 2.05) is 12.1 Å². The number of fused-ring (bicyclic) bond motifs is 1. The number of benzene rings is 2. The number of hydrogen-bond donors (Lipinski definition) is 0. The zero-order chi connectivity index (χ0) is 23.6. The van der Waals surface area contributed by atoms with E-state index in [-0.39, 0.29) is 35.9 Å². The SMILES string of the molecule is CCOC(=O)C1(Cc2ccc(F)cc2)CCCN(C(=O)c2cn(C)c3ccccc3c2=O)C1. The first-order valence-electron chi connectivity index (χ1n) is 11.1. The summed E-state index contributed by atoms with van der Waals surface area (Å²) in [5.41, 5.74) is 0.344. The van der Waals surface area contributed by atoms with Gasteiger partial charge in [0.15, 0.2) is 0 Å². The molecule has 1 amide bonds. The number of esters is 1. The lowest BCUT2D eigenvalue weighted by Crippen LogP contribution is -2.52. The topological polar surface area (TPSA) is 68.6 Å². The van der Waals surface area contributed by atoms with Crippen molar-refractivity contribution in [3.05, 3.63) is 81.9 Å². The molecule has 0 saturated carbocycles. The van der Waals surface area contributed by atoms with Crippen LogP contribution in [0.1, 0.15) is 35.7 Å². The van der Waals surface area contributed by atoms with Crippen molar-refractivity contribution in [1.29, 1.82) is 0 Å². The van der Waals surface area contributed by atoms with Crippen molar-refractivity contribution in [2.75, 3.05) is 19.7 Å². The summed E-state index contributed by atoms with van der Waals surface area (Å²) >= 11 is 0. The van der Waals surface area contributed by atoms with E-state index in [4.69, 9.17) is 4.74 Å². The standard InChI is InChI=1S/C26H27FN2O4/c1-3-33-25(32)26(15-18-9-11-19(27)12-10-18)13-6-14-29(17-26)24(31)21-16-28(2)22-8-5-4-7-20(22)23(21)30/h4-5,7-12,16H,3,6,13-15,17H2,1-2H3. The second-order valence-electron chi connectivity index (χ2n) is 8.63. The van der Waals surface area contributed by atoms with Gasteiger partial charge in [-0.05, 0) is 56.0 Å². The van der Waals surface area contributed by atoms with Crippen molar-refractivity contribution in [2.45, 2.75) is 26.2 Å². The molecule has 1 aliphatic heterocycles. The summed E-state index contributed by atoms with van der Waals surface area (Å²) in [5.74, 6) is -1.12. The molecule has 4 rings (SSSR count). The lowest BCUT2D eigenvalue weighted by molar-refractivity contribution is -0.158. The van der Waals surface area contributed by atoms with Crippen LogP contribution >= 0.6 is 0 Å². The van der Waals surface area contributed by atoms with Crippen LogP contribution in [0.25, 0.3) is 10.9 Å². The average Bonchev–Trinajstić information content (AvgIpc) is 2.83. The van der Waals surface area contributed by atoms with Crippen LogP contribution in [0.15, 0.2) is 59.5 Å². The molecular formula is C26H27FN2O4. The molecule has 1 atom stereocenters. The molecule has 2 aromatic carbocycles. The van der Waals surface area contributed by atoms with Crippen LogP contribution in [0.2, 0.25) is 0 Å². The Labute approximate surface area is 191 Å². The number of rotatable bonds is 5. The molecule has 0 radical (unpaired) electrons. The number of amides is 1. The Kier molecular flexibility index (Phi) is 6.31. The Morgan fingerprint density at radius 1 is 1.12 bits per heavy atom. The van der Waals surface area contributed by atoms with Crippen molar-refractivity contribution in [3.8, 4) is 0 Å². The molecule has 1 fully saturated rings. The maximum Gasteiger partial charge on any atom is 0.314 e. The van der Waals surface area contributed by atoms with Gasteiger partial charge in [0.2, 0.25) is 5.43 Å². The Hall–Kier alpha value is -3.48. The van der Waals surface area contributed by atoms with Gasteiger partial charge in [0.05, 0.1) is 17.5 Å². The molecule has 0 aliphatic carbocycles. The number of nitrogens with zero attached hydrogens (tertiary/aromatic N) is 2. The summed E-state index contributed by atoms with van der Waals surface area (Å²) in [4.78, 5) is 41.3.